The van der Waals surface area contributed by atoms with Crippen molar-refractivity contribution >= 4 is 11.9 Å². The summed E-state index contributed by atoms with van der Waals surface area (Å²) in [7, 11) is 1.32. The van der Waals surface area contributed by atoms with Crippen molar-refractivity contribution in [2.45, 2.75) is 13.0 Å². The van der Waals surface area contributed by atoms with E-state index in [1.165, 1.54) is 20.1 Å². The molecule has 1 aromatic carbocycles. The number of ether oxygens (including phenoxy) is 1. The van der Waals surface area contributed by atoms with Crippen molar-refractivity contribution in [1.29, 1.82) is 0 Å². The molecule has 0 heterocycles. The normalized spacial score (nSPS) is 12.8. The van der Waals surface area contributed by atoms with Crippen LogP contribution in [0.25, 0.3) is 0 Å². The van der Waals surface area contributed by atoms with Crippen LogP contribution in [0, 0.1) is 0 Å². The van der Waals surface area contributed by atoms with E-state index in [-0.39, 0.29) is 12.1 Å². The Balaban J connectivity index is 2.75. The van der Waals surface area contributed by atoms with Crippen LogP contribution < -0.4 is 5.32 Å². The summed E-state index contributed by atoms with van der Waals surface area (Å²) >= 11 is 0. The fourth-order valence-electron chi connectivity index (χ4n) is 1.52. The predicted molar refractivity (Wildman–Crippen MR) is 70.6 cm³/mol. The molecule has 1 unspecified atom stereocenters. The summed E-state index contributed by atoms with van der Waals surface area (Å²) in [5.74, 6) is -1.39. The summed E-state index contributed by atoms with van der Waals surface area (Å²) in [5, 5.41) is 11.7. The second kappa shape index (κ2) is 7.33. The Hall–Kier alpha value is -2.14. The highest BCUT2D eigenvalue weighted by atomic mass is 16.5. The summed E-state index contributed by atoms with van der Waals surface area (Å²) in [5.41, 5.74) is 1.000. The molecule has 0 aliphatic heterocycles. The summed E-state index contributed by atoms with van der Waals surface area (Å²) in [4.78, 5) is 22.3. The van der Waals surface area contributed by atoms with Crippen molar-refractivity contribution in [1.82, 2.24) is 5.32 Å². The van der Waals surface area contributed by atoms with E-state index < -0.39 is 18.0 Å². The van der Waals surface area contributed by atoms with E-state index in [0.717, 1.165) is 5.56 Å². The van der Waals surface area contributed by atoms with Crippen LogP contribution >= 0.6 is 0 Å². The number of esters is 1. The number of carboxylic acid groups (broad SMARTS) is 1. The van der Waals surface area contributed by atoms with Gasteiger partial charge in [0.15, 0.2) is 0 Å². The van der Waals surface area contributed by atoms with E-state index in [4.69, 9.17) is 9.84 Å². The fourth-order valence-corrected chi connectivity index (χ4v) is 1.52. The van der Waals surface area contributed by atoms with Crippen molar-refractivity contribution in [2.24, 2.45) is 0 Å². The van der Waals surface area contributed by atoms with Crippen molar-refractivity contribution < 1.29 is 19.4 Å². The van der Waals surface area contributed by atoms with E-state index in [9.17, 15) is 9.59 Å². The number of benzene rings is 1. The first kappa shape index (κ1) is 14.9. The molecule has 5 nitrogen and oxygen atoms in total. The number of hydrogen-bond acceptors (Lipinski definition) is 4. The molecule has 1 rings (SSSR count). The zero-order chi connectivity index (χ0) is 14.3. The third-order valence-electron chi connectivity index (χ3n) is 2.64. The van der Waals surface area contributed by atoms with Gasteiger partial charge in [0.25, 0.3) is 0 Å². The average Bonchev–Trinajstić information content (AvgIpc) is 2.43. The Bertz CT molecular complexity index is 468. The lowest BCUT2D eigenvalue weighted by molar-refractivity contribution is -0.143. The van der Waals surface area contributed by atoms with Gasteiger partial charge in [-0.2, -0.15) is 0 Å². The molecule has 0 saturated heterocycles. The molecule has 102 valence electrons. The number of carbonyl (C=O) groups excluding carboxylic acids is 1. The molecule has 0 fully saturated rings. The van der Waals surface area contributed by atoms with Crippen LogP contribution in [0.4, 0.5) is 0 Å². The SMILES string of the molecule is COC(=O)C(NC/C=C(/C)C(=O)O)c1ccccc1. The number of carbonyl (C=O) groups is 2. The number of nitrogens with one attached hydrogen (secondary N) is 1. The summed E-state index contributed by atoms with van der Waals surface area (Å²) in [6.45, 7) is 1.77. The maximum atomic E-state index is 11.7. The van der Waals surface area contributed by atoms with E-state index in [1.807, 2.05) is 30.3 Å². The number of hydrogen-bond donors (Lipinski definition) is 2. The van der Waals surface area contributed by atoms with Crippen LogP contribution in [0.3, 0.4) is 0 Å². The third-order valence-corrected chi connectivity index (χ3v) is 2.64. The standard InChI is InChI=1S/C14H17NO4/c1-10(13(16)17)8-9-15-12(14(18)19-2)11-6-4-3-5-7-11/h3-8,12,15H,9H2,1-2H3,(H,16,17)/b10-8-. The predicted octanol–water partition coefficient (Wildman–Crippen LogP) is 1.52. The minimum Gasteiger partial charge on any atom is -0.478 e. The van der Waals surface area contributed by atoms with Crippen molar-refractivity contribution in [3.8, 4) is 0 Å². The van der Waals surface area contributed by atoms with Gasteiger partial charge in [0.05, 0.1) is 7.11 Å². The monoisotopic (exact) mass is 263 g/mol. The van der Waals surface area contributed by atoms with Crippen LogP contribution in [-0.2, 0) is 14.3 Å². The Morgan fingerprint density at radius 1 is 1.37 bits per heavy atom. The number of carboxylic acids is 1. The molecule has 19 heavy (non-hydrogen) atoms. The smallest absolute Gasteiger partial charge is 0.330 e. The van der Waals surface area contributed by atoms with Crippen LogP contribution in [0.5, 0.6) is 0 Å². The van der Waals surface area contributed by atoms with Crippen LogP contribution in [0.15, 0.2) is 42.0 Å². The summed E-state index contributed by atoms with van der Waals surface area (Å²) < 4.78 is 4.73. The minimum absolute atomic E-state index is 0.226. The quantitative estimate of drug-likeness (QED) is 0.601. The van der Waals surface area contributed by atoms with Crippen LogP contribution in [-0.4, -0.2) is 30.7 Å². The second-order valence-electron chi connectivity index (χ2n) is 3.97. The molecule has 0 amide bonds. The summed E-state index contributed by atoms with van der Waals surface area (Å²) in [6, 6.07) is 8.51. The Morgan fingerprint density at radius 2 is 2.00 bits per heavy atom. The molecule has 2 N–H and O–H groups in total. The van der Waals surface area contributed by atoms with Gasteiger partial charge in [-0.15, -0.1) is 0 Å². The molecule has 1 atom stereocenters. The zero-order valence-electron chi connectivity index (χ0n) is 10.9. The minimum atomic E-state index is -0.976. The number of methoxy groups -OCH3 is 1. The first-order valence-electron chi connectivity index (χ1n) is 5.82. The van der Waals surface area contributed by atoms with Crippen molar-refractivity contribution in [3.05, 3.63) is 47.5 Å². The summed E-state index contributed by atoms with van der Waals surface area (Å²) in [6.07, 6.45) is 1.52. The number of rotatable bonds is 6. The van der Waals surface area contributed by atoms with Gasteiger partial charge >= 0.3 is 11.9 Å². The van der Waals surface area contributed by atoms with Gasteiger partial charge < -0.3 is 9.84 Å². The molecule has 5 heteroatoms. The van der Waals surface area contributed by atoms with Crippen molar-refractivity contribution in [2.75, 3.05) is 13.7 Å². The van der Waals surface area contributed by atoms with Gasteiger partial charge in [-0.1, -0.05) is 36.4 Å². The lowest BCUT2D eigenvalue weighted by atomic mass is 10.1. The zero-order valence-corrected chi connectivity index (χ0v) is 10.9. The van der Waals surface area contributed by atoms with Gasteiger partial charge in [-0.3, -0.25) is 5.32 Å². The molecule has 0 spiro atoms. The van der Waals surface area contributed by atoms with Gasteiger partial charge in [0, 0.05) is 12.1 Å². The lowest BCUT2D eigenvalue weighted by Crippen LogP contribution is -2.30. The van der Waals surface area contributed by atoms with Crippen LogP contribution in [0.1, 0.15) is 18.5 Å². The van der Waals surface area contributed by atoms with E-state index >= 15 is 0 Å². The maximum Gasteiger partial charge on any atom is 0.330 e. The molecule has 0 bridgehead atoms. The first-order chi connectivity index (χ1) is 9.06. The Labute approximate surface area is 111 Å². The number of aliphatic carboxylic acids is 1. The molecule has 0 aromatic heterocycles. The average molecular weight is 263 g/mol. The highest BCUT2D eigenvalue weighted by molar-refractivity contribution is 5.85. The van der Waals surface area contributed by atoms with E-state index in [2.05, 4.69) is 5.32 Å². The molecule has 1 aromatic rings. The van der Waals surface area contributed by atoms with Gasteiger partial charge in [0.2, 0.25) is 0 Å². The molecular weight excluding hydrogens is 246 g/mol. The Morgan fingerprint density at radius 3 is 2.53 bits per heavy atom. The molecule has 0 radical (unpaired) electrons. The van der Waals surface area contributed by atoms with Gasteiger partial charge in [-0.25, -0.2) is 9.59 Å². The highest BCUT2D eigenvalue weighted by Crippen LogP contribution is 2.13. The van der Waals surface area contributed by atoms with Crippen molar-refractivity contribution in [3.63, 3.8) is 0 Å². The lowest BCUT2D eigenvalue weighted by Gasteiger charge is -2.15. The third kappa shape index (κ3) is 4.56. The van der Waals surface area contributed by atoms with Gasteiger partial charge in [0.1, 0.15) is 6.04 Å². The maximum absolute atomic E-state index is 11.7. The Kier molecular flexibility index (Phi) is 5.75. The topological polar surface area (TPSA) is 75.6 Å². The largest absolute Gasteiger partial charge is 0.478 e. The fraction of sp³-hybridized carbons (Fsp3) is 0.286. The highest BCUT2D eigenvalue weighted by Gasteiger charge is 2.19. The molecule has 0 aliphatic carbocycles. The van der Waals surface area contributed by atoms with E-state index in [0.29, 0.717) is 0 Å². The van der Waals surface area contributed by atoms with Gasteiger partial charge in [-0.05, 0) is 12.5 Å². The first-order valence-corrected chi connectivity index (χ1v) is 5.82. The molecular formula is C14H17NO4. The molecule has 0 aliphatic rings. The second-order valence-corrected chi connectivity index (χ2v) is 3.97. The molecule has 0 saturated carbocycles. The van der Waals surface area contributed by atoms with E-state index in [1.54, 1.807) is 0 Å². The van der Waals surface area contributed by atoms with Crippen LogP contribution in [0.2, 0.25) is 0 Å².